The molecule has 5 rings (SSSR count). The van der Waals surface area contributed by atoms with Crippen molar-refractivity contribution in [3.63, 3.8) is 0 Å². The van der Waals surface area contributed by atoms with Crippen molar-refractivity contribution < 1.29 is 14.3 Å². The van der Waals surface area contributed by atoms with Crippen molar-refractivity contribution in [2.24, 2.45) is 5.92 Å². The summed E-state index contributed by atoms with van der Waals surface area (Å²) in [5.74, 6) is 6.78. The molecule has 1 aliphatic heterocycles. The molecule has 4 heterocycles. The van der Waals surface area contributed by atoms with Crippen LogP contribution in [0.3, 0.4) is 0 Å². The Morgan fingerprint density at radius 1 is 1.12 bits per heavy atom. The van der Waals surface area contributed by atoms with Gasteiger partial charge in [0.2, 0.25) is 5.91 Å². The van der Waals surface area contributed by atoms with Gasteiger partial charge in [-0.15, -0.1) is 0 Å². The number of nitrogens with one attached hydrogen (secondary N) is 1. The molecule has 0 aromatic carbocycles. The standard InChI is InChI=1S/C25H23N5O3/c1-15-22-14-28-23(29-24(31)17-3-4-17)11-21(22)18(12-26-15)5-6-19-7-8-20(13-27-19)30-9-10-33-16(2)25(30)32/h7-8,11-14,16-17H,3-4,9-10H2,1-2H3,(H,28,29,31)/t16-/m0/s1. The number of morpholine rings is 1. The first kappa shape index (κ1) is 21.0. The minimum atomic E-state index is -0.450. The minimum absolute atomic E-state index is 0.0118. The largest absolute Gasteiger partial charge is 0.367 e. The van der Waals surface area contributed by atoms with E-state index < -0.39 is 6.10 Å². The highest BCUT2D eigenvalue weighted by atomic mass is 16.5. The second kappa shape index (κ2) is 8.60. The highest BCUT2D eigenvalue weighted by Crippen LogP contribution is 2.30. The van der Waals surface area contributed by atoms with Crippen molar-refractivity contribution in [1.29, 1.82) is 0 Å². The molecule has 0 bridgehead atoms. The first-order valence-corrected chi connectivity index (χ1v) is 11.0. The van der Waals surface area contributed by atoms with Gasteiger partial charge in [-0.25, -0.2) is 9.97 Å². The monoisotopic (exact) mass is 441 g/mol. The predicted octanol–water partition coefficient (Wildman–Crippen LogP) is 2.83. The summed E-state index contributed by atoms with van der Waals surface area (Å²) < 4.78 is 5.37. The van der Waals surface area contributed by atoms with Crippen LogP contribution in [0.5, 0.6) is 0 Å². The van der Waals surface area contributed by atoms with Crippen LogP contribution in [0.15, 0.2) is 36.8 Å². The van der Waals surface area contributed by atoms with Crippen LogP contribution in [0.1, 0.15) is 36.7 Å². The van der Waals surface area contributed by atoms with E-state index in [0.29, 0.717) is 24.7 Å². The van der Waals surface area contributed by atoms with Crippen molar-refractivity contribution >= 4 is 34.1 Å². The van der Waals surface area contributed by atoms with E-state index in [1.807, 2.05) is 19.1 Å². The first-order valence-electron chi connectivity index (χ1n) is 11.0. The molecule has 2 fully saturated rings. The molecular formula is C25H23N5O3. The number of hydrogen-bond acceptors (Lipinski definition) is 6. The van der Waals surface area contributed by atoms with E-state index in [4.69, 9.17) is 4.74 Å². The molecule has 2 amide bonds. The summed E-state index contributed by atoms with van der Waals surface area (Å²) in [5.41, 5.74) is 2.88. The Balaban J connectivity index is 1.41. The SMILES string of the molecule is Cc1ncc(C#Cc2ccc(N3CCO[C@@H](C)C3=O)cn2)c2cc(NC(=O)C3CC3)ncc12. The maximum absolute atomic E-state index is 12.3. The number of pyridine rings is 3. The van der Waals surface area contributed by atoms with Gasteiger partial charge in [-0.2, -0.15) is 0 Å². The van der Waals surface area contributed by atoms with Gasteiger partial charge in [0.15, 0.2) is 0 Å². The summed E-state index contributed by atoms with van der Waals surface area (Å²) in [7, 11) is 0. The second-order valence-electron chi connectivity index (χ2n) is 8.29. The maximum atomic E-state index is 12.3. The van der Waals surface area contributed by atoms with Gasteiger partial charge in [-0.3, -0.25) is 14.6 Å². The molecule has 1 N–H and O–H groups in total. The average molecular weight is 441 g/mol. The molecule has 166 valence electrons. The number of hydrogen-bond donors (Lipinski definition) is 1. The van der Waals surface area contributed by atoms with Crippen molar-refractivity contribution in [1.82, 2.24) is 15.0 Å². The van der Waals surface area contributed by atoms with Crippen LogP contribution in [0, 0.1) is 24.7 Å². The highest BCUT2D eigenvalue weighted by molar-refractivity contribution is 5.97. The normalized spacial score (nSPS) is 18.1. The van der Waals surface area contributed by atoms with Crippen LogP contribution in [0.25, 0.3) is 10.8 Å². The summed E-state index contributed by atoms with van der Waals surface area (Å²) in [6.45, 7) is 4.67. The smallest absolute Gasteiger partial charge is 0.255 e. The molecule has 1 saturated heterocycles. The van der Waals surface area contributed by atoms with Crippen LogP contribution >= 0.6 is 0 Å². The lowest BCUT2D eigenvalue weighted by Crippen LogP contribution is -2.46. The average Bonchev–Trinajstić information content (AvgIpc) is 3.67. The van der Waals surface area contributed by atoms with E-state index in [1.54, 1.807) is 36.5 Å². The number of carbonyl (C=O) groups is 2. The van der Waals surface area contributed by atoms with Crippen molar-refractivity contribution in [2.75, 3.05) is 23.4 Å². The van der Waals surface area contributed by atoms with E-state index in [0.717, 1.165) is 40.6 Å². The molecule has 8 heteroatoms. The summed E-state index contributed by atoms with van der Waals surface area (Å²) in [6.07, 6.45) is 6.51. The summed E-state index contributed by atoms with van der Waals surface area (Å²) in [4.78, 5) is 39.3. The minimum Gasteiger partial charge on any atom is -0.367 e. The predicted molar refractivity (Wildman–Crippen MR) is 124 cm³/mol. The third kappa shape index (κ3) is 4.41. The Hall–Kier alpha value is -3.83. The van der Waals surface area contributed by atoms with Gasteiger partial charge in [-0.05, 0) is 50.8 Å². The Labute approximate surface area is 191 Å². The van der Waals surface area contributed by atoms with Gasteiger partial charge in [-0.1, -0.05) is 5.92 Å². The third-order valence-corrected chi connectivity index (χ3v) is 5.85. The number of rotatable bonds is 3. The van der Waals surface area contributed by atoms with E-state index in [-0.39, 0.29) is 17.7 Å². The highest BCUT2D eigenvalue weighted by Gasteiger charge is 2.30. The quantitative estimate of drug-likeness (QED) is 0.628. The van der Waals surface area contributed by atoms with Crippen LogP contribution in [-0.2, 0) is 14.3 Å². The fraction of sp³-hybridized carbons (Fsp3) is 0.320. The molecule has 3 aromatic rings. The molecule has 1 atom stereocenters. The maximum Gasteiger partial charge on any atom is 0.255 e. The Morgan fingerprint density at radius 3 is 2.73 bits per heavy atom. The van der Waals surface area contributed by atoms with Crippen LogP contribution in [0.2, 0.25) is 0 Å². The number of amides is 2. The molecule has 1 aliphatic carbocycles. The summed E-state index contributed by atoms with van der Waals surface area (Å²) >= 11 is 0. The zero-order chi connectivity index (χ0) is 22.9. The van der Waals surface area contributed by atoms with E-state index in [2.05, 4.69) is 32.1 Å². The lowest BCUT2D eigenvalue weighted by atomic mass is 10.1. The van der Waals surface area contributed by atoms with Gasteiger partial charge in [0.25, 0.3) is 5.91 Å². The van der Waals surface area contributed by atoms with Crippen molar-refractivity contribution in [3.05, 3.63) is 53.7 Å². The number of carbonyl (C=O) groups excluding carboxylic acids is 2. The number of nitrogens with zero attached hydrogens (tertiary/aromatic N) is 4. The number of anilines is 2. The molecule has 2 aliphatic rings. The molecule has 33 heavy (non-hydrogen) atoms. The van der Waals surface area contributed by atoms with Crippen molar-refractivity contribution in [3.8, 4) is 11.8 Å². The fourth-order valence-electron chi connectivity index (χ4n) is 3.74. The lowest BCUT2D eigenvalue weighted by Gasteiger charge is -2.30. The topological polar surface area (TPSA) is 97.3 Å². The number of aromatic nitrogens is 3. The molecule has 0 unspecified atom stereocenters. The molecule has 3 aromatic heterocycles. The van der Waals surface area contributed by atoms with Crippen molar-refractivity contribution in [2.45, 2.75) is 32.8 Å². The molecule has 1 saturated carbocycles. The lowest BCUT2D eigenvalue weighted by molar-refractivity contribution is -0.132. The Morgan fingerprint density at radius 2 is 1.97 bits per heavy atom. The molecule has 8 nitrogen and oxygen atoms in total. The zero-order valence-electron chi connectivity index (χ0n) is 18.5. The van der Waals surface area contributed by atoms with Gasteiger partial charge < -0.3 is 15.0 Å². The third-order valence-electron chi connectivity index (χ3n) is 5.85. The molecule has 0 spiro atoms. The first-order chi connectivity index (χ1) is 16.0. The fourth-order valence-corrected chi connectivity index (χ4v) is 3.74. The van der Waals surface area contributed by atoms with E-state index >= 15 is 0 Å². The van der Waals surface area contributed by atoms with E-state index in [9.17, 15) is 9.59 Å². The van der Waals surface area contributed by atoms with Crippen LogP contribution < -0.4 is 10.2 Å². The van der Waals surface area contributed by atoms with E-state index in [1.165, 1.54) is 0 Å². The van der Waals surface area contributed by atoms with Crippen LogP contribution in [-0.4, -0.2) is 46.0 Å². The molecular weight excluding hydrogens is 418 g/mol. The van der Waals surface area contributed by atoms with Crippen LogP contribution in [0.4, 0.5) is 11.5 Å². The zero-order valence-corrected chi connectivity index (χ0v) is 18.5. The Bertz CT molecular complexity index is 1310. The van der Waals surface area contributed by atoms with Gasteiger partial charge in [0.1, 0.15) is 17.6 Å². The summed E-state index contributed by atoms with van der Waals surface area (Å²) in [5, 5.41) is 4.65. The van der Waals surface area contributed by atoms with Gasteiger partial charge in [0, 0.05) is 41.3 Å². The van der Waals surface area contributed by atoms with Gasteiger partial charge in [0.05, 0.1) is 24.1 Å². The number of aryl methyl sites for hydroxylation is 1. The Kier molecular flexibility index (Phi) is 5.48. The number of ether oxygens (including phenoxy) is 1. The number of fused-ring (bicyclic) bond motifs is 1. The second-order valence-corrected chi connectivity index (χ2v) is 8.29. The summed E-state index contributed by atoms with van der Waals surface area (Å²) in [6, 6.07) is 5.48. The van der Waals surface area contributed by atoms with Gasteiger partial charge >= 0.3 is 0 Å². The molecule has 0 radical (unpaired) electrons.